The molecule has 0 bridgehead atoms. The largest absolute Gasteiger partial charge is 0.493 e. The summed E-state index contributed by atoms with van der Waals surface area (Å²) in [7, 11) is 1.58. The van der Waals surface area contributed by atoms with Gasteiger partial charge in [-0.3, -0.25) is 9.69 Å². The maximum Gasteiger partial charge on any atom is 0.490 e. The van der Waals surface area contributed by atoms with Crippen molar-refractivity contribution in [3.63, 3.8) is 0 Å². The number of methoxy groups -OCH3 is 1. The molecule has 1 amide bonds. The number of ether oxygens (including phenoxy) is 2. The van der Waals surface area contributed by atoms with Crippen LogP contribution in [0.5, 0.6) is 11.5 Å². The lowest BCUT2D eigenvalue weighted by molar-refractivity contribution is -0.192. The van der Waals surface area contributed by atoms with Crippen LogP contribution in [-0.2, 0) is 17.5 Å². The van der Waals surface area contributed by atoms with Crippen molar-refractivity contribution >= 4 is 17.6 Å². The second-order valence-electron chi connectivity index (χ2n) is 9.87. The first-order valence-corrected chi connectivity index (χ1v) is 13.3. The molecule has 3 aromatic rings. The lowest BCUT2D eigenvalue weighted by atomic mass is 10.1. The molecule has 43 heavy (non-hydrogen) atoms. The van der Waals surface area contributed by atoms with E-state index >= 15 is 0 Å². The maximum absolute atomic E-state index is 13.3. The number of fused-ring (bicyclic) bond motifs is 1. The van der Waals surface area contributed by atoms with Gasteiger partial charge in [0.25, 0.3) is 5.91 Å². The molecule has 1 fully saturated rings. The van der Waals surface area contributed by atoms with Crippen molar-refractivity contribution in [3.8, 4) is 22.6 Å². The predicted molar refractivity (Wildman–Crippen MR) is 144 cm³/mol. The molecule has 8 nitrogen and oxygen atoms in total. The Morgan fingerprint density at radius 1 is 0.884 bits per heavy atom. The van der Waals surface area contributed by atoms with Gasteiger partial charge in [0.2, 0.25) is 0 Å². The van der Waals surface area contributed by atoms with E-state index in [-0.39, 0.29) is 5.91 Å². The number of aromatic nitrogens is 1. The number of likely N-dealkylation sites (tertiary alicyclic amines) is 1. The number of anilines is 1. The number of halogens is 6. The molecule has 2 aromatic carbocycles. The number of benzene rings is 2. The lowest BCUT2D eigenvalue weighted by Crippen LogP contribution is -2.39. The zero-order valence-corrected chi connectivity index (χ0v) is 23.0. The van der Waals surface area contributed by atoms with Gasteiger partial charge in [0.15, 0.2) is 11.5 Å². The molecule has 0 unspecified atom stereocenters. The standard InChI is InChI=1S/C27H28F3N3O3.C2HF3O2/c1-35-25-17-22(8-9-24(25)36-15-14-31-10-2-3-11-31)33-13-12-32-18-20(16-23(32)26(33)34)19-4-6-21(7-5-19)27(28,29)30;3-2(4,5)1(6)7/h4-9,16-18H,2-3,10-15H2,1H3;(H,6,7). The minimum atomic E-state index is -5.08. The minimum absolute atomic E-state index is 0.177. The summed E-state index contributed by atoms with van der Waals surface area (Å²) in [5, 5.41) is 7.12. The Morgan fingerprint density at radius 2 is 1.53 bits per heavy atom. The molecule has 0 atom stereocenters. The SMILES string of the molecule is COc1cc(N2CCn3cc(-c4ccc(C(F)(F)F)cc4)cc3C2=O)ccc1OCCN1CCCC1.O=C(O)C(F)(F)F. The number of aliphatic carboxylic acids is 1. The summed E-state index contributed by atoms with van der Waals surface area (Å²) in [6.45, 7) is 4.69. The van der Waals surface area contributed by atoms with Gasteiger partial charge in [0.1, 0.15) is 12.3 Å². The summed E-state index contributed by atoms with van der Waals surface area (Å²) in [6.07, 6.45) is -5.19. The highest BCUT2D eigenvalue weighted by molar-refractivity contribution is 6.06. The van der Waals surface area contributed by atoms with Gasteiger partial charge >= 0.3 is 18.3 Å². The number of amides is 1. The summed E-state index contributed by atoms with van der Waals surface area (Å²) < 4.78 is 83.8. The van der Waals surface area contributed by atoms with E-state index in [1.807, 2.05) is 22.9 Å². The average Bonchev–Trinajstić information content (AvgIpc) is 3.64. The van der Waals surface area contributed by atoms with Crippen molar-refractivity contribution in [3.05, 3.63) is 66.0 Å². The molecule has 2 aliphatic heterocycles. The summed E-state index contributed by atoms with van der Waals surface area (Å²) in [5.74, 6) is -1.73. The molecule has 14 heteroatoms. The second-order valence-corrected chi connectivity index (χ2v) is 9.87. The molecule has 0 radical (unpaired) electrons. The third kappa shape index (κ3) is 7.80. The first-order chi connectivity index (χ1) is 20.3. The van der Waals surface area contributed by atoms with Crippen LogP contribution in [0.3, 0.4) is 0 Å². The van der Waals surface area contributed by atoms with Crippen LogP contribution in [0.2, 0.25) is 0 Å². The molecule has 1 aromatic heterocycles. The number of hydrogen-bond donors (Lipinski definition) is 1. The molecule has 1 N–H and O–H groups in total. The summed E-state index contributed by atoms with van der Waals surface area (Å²) in [4.78, 5) is 26.3. The van der Waals surface area contributed by atoms with Gasteiger partial charge < -0.3 is 24.0 Å². The van der Waals surface area contributed by atoms with E-state index in [0.717, 1.165) is 31.8 Å². The maximum atomic E-state index is 13.3. The highest BCUT2D eigenvalue weighted by Gasteiger charge is 2.38. The van der Waals surface area contributed by atoms with Gasteiger partial charge in [-0.1, -0.05) is 12.1 Å². The zero-order chi connectivity index (χ0) is 31.4. The molecule has 0 aliphatic carbocycles. The number of nitrogens with zero attached hydrogens (tertiary/aromatic N) is 3. The van der Waals surface area contributed by atoms with Crippen LogP contribution in [0.4, 0.5) is 32.0 Å². The summed E-state index contributed by atoms with van der Waals surface area (Å²) >= 11 is 0. The Morgan fingerprint density at radius 3 is 2.12 bits per heavy atom. The van der Waals surface area contributed by atoms with Crippen LogP contribution in [-0.4, -0.2) is 72.5 Å². The van der Waals surface area contributed by atoms with Crippen molar-refractivity contribution in [2.75, 3.05) is 44.8 Å². The fourth-order valence-corrected chi connectivity index (χ4v) is 4.81. The Bertz CT molecular complexity index is 1430. The summed E-state index contributed by atoms with van der Waals surface area (Å²) in [6, 6.07) is 12.2. The van der Waals surface area contributed by atoms with Crippen molar-refractivity contribution in [2.24, 2.45) is 0 Å². The molecule has 2 aliphatic rings. The number of carbonyl (C=O) groups is 2. The Labute approximate surface area is 243 Å². The Kier molecular flexibility index (Phi) is 9.58. The van der Waals surface area contributed by atoms with Crippen LogP contribution < -0.4 is 14.4 Å². The number of alkyl halides is 6. The second kappa shape index (κ2) is 13.0. The predicted octanol–water partition coefficient (Wildman–Crippen LogP) is 5.95. The van der Waals surface area contributed by atoms with E-state index in [9.17, 15) is 31.1 Å². The smallest absolute Gasteiger partial charge is 0.490 e. The van der Waals surface area contributed by atoms with Crippen molar-refractivity contribution in [1.82, 2.24) is 9.47 Å². The minimum Gasteiger partial charge on any atom is -0.493 e. The Hall–Kier alpha value is -4.20. The van der Waals surface area contributed by atoms with E-state index < -0.39 is 23.9 Å². The number of carboxylic acids is 1. The third-order valence-electron chi connectivity index (χ3n) is 7.04. The molecule has 3 heterocycles. The van der Waals surface area contributed by atoms with Crippen LogP contribution in [0.15, 0.2) is 54.7 Å². The van der Waals surface area contributed by atoms with E-state index in [0.29, 0.717) is 53.7 Å². The fraction of sp³-hybridized carbons (Fsp3) is 0.379. The van der Waals surface area contributed by atoms with Crippen LogP contribution in [0, 0.1) is 0 Å². The van der Waals surface area contributed by atoms with Gasteiger partial charge in [-0.15, -0.1) is 0 Å². The highest BCUT2D eigenvalue weighted by Crippen LogP contribution is 2.35. The number of carboxylic acid groups (broad SMARTS) is 1. The lowest BCUT2D eigenvalue weighted by Gasteiger charge is -2.29. The molecule has 5 rings (SSSR count). The molecular formula is C29H29F6N3O5. The van der Waals surface area contributed by atoms with Gasteiger partial charge in [-0.25, -0.2) is 4.79 Å². The zero-order valence-electron chi connectivity index (χ0n) is 23.0. The van der Waals surface area contributed by atoms with Crippen LogP contribution in [0.1, 0.15) is 28.9 Å². The highest BCUT2D eigenvalue weighted by atomic mass is 19.4. The van der Waals surface area contributed by atoms with Gasteiger partial charge in [-0.2, -0.15) is 26.3 Å². The van der Waals surface area contributed by atoms with E-state index in [1.54, 1.807) is 24.1 Å². The number of rotatable bonds is 7. The normalized spacial score (nSPS) is 15.5. The first-order valence-electron chi connectivity index (χ1n) is 13.3. The number of hydrogen-bond acceptors (Lipinski definition) is 5. The van der Waals surface area contributed by atoms with Gasteiger partial charge in [-0.05, 0) is 61.8 Å². The van der Waals surface area contributed by atoms with Crippen molar-refractivity contribution < 1.29 is 50.5 Å². The van der Waals surface area contributed by atoms with E-state index in [1.165, 1.54) is 25.0 Å². The fourth-order valence-electron chi connectivity index (χ4n) is 4.81. The van der Waals surface area contributed by atoms with Crippen molar-refractivity contribution in [2.45, 2.75) is 31.7 Å². The van der Waals surface area contributed by atoms with Crippen molar-refractivity contribution in [1.29, 1.82) is 0 Å². The quantitative estimate of drug-likeness (QED) is 0.332. The van der Waals surface area contributed by atoms with Crippen LogP contribution >= 0.6 is 0 Å². The topological polar surface area (TPSA) is 84.2 Å². The molecule has 1 saturated heterocycles. The first kappa shape index (κ1) is 31.7. The number of carbonyl (C=O) groups excluding carboxylic acids is 1. The van der Waals surface area contributed by atoms with E-state index in [4.69, 9.17) is 19.4 Å². The molecular weight excluding hydrogens is 584 g/mol. The molecule has 0 saturated carbocycles. The Balaban J connectivity index is 0.000000541. The average molecular weight is 614 g/mol. The van der Waals surface area contributed by atoms with Gasteiger partial charge in [0, 0.05) is 43.1 Å². The molecule has 0 spiro atoms. The monoisotopic (exact) mass is 613 g/mol. The van der Waals surface area contributed by atoms with Gasteiger partial charge in [0.05, 0.1) is 12.7 Å². The van der Waals surface area contributed by atoms with Crippen LogP contribution in [0.25, 0.3) is 11.1 Å². The molecule has 232 valence electrons. The third-order valence-corrected chi connectivity index (χ3v) is 7.04. The summed E-state index contributed by atoms with van der Waals surface area (Å²) in [5.41, 5.74) is 1.82. The van der Waals surface area contributed by atoms with E-state index in [2.05, 4.69) is 4.90 Å².